The number of nitrogens with zero attached hydrogens (tertiary/aromatic N) is 1. The zero-order valence-electron chi connectivity index (χ0n) is 11.5. The first kappa shape index (κ1) is 13.3. The van der Waals surface area contributed by atoms with Gasteiger partial charge in [0.2, 0.25) is 0 Å². The Hall–Kier alpha value is -0.120. The van der Waals surface area contributed by atoms with Crippen molar-refractivity contribution in [2.45, 2.75) is 63.6 Å². The van der Waals surface area contributed by atoms with Crippen molar-refractivity contribution in [2.24, 2.45) is 0 Å². The molecule has 2 rings (SSSR count). The third kappa shape index (κ3) is 4.57. The van der Waals surface area contributed by atoms with Gasteiger partial charge < -0.3 is 15.0 Å². The van der Waals surface area contributed by atoms with Gasteiger partial charge in [0.25, 0.3) is 0 Å². The number of ether oxygens (including phenoxy) is 1. The Kier molecular flexibility index (Phi) is 5.26. The number of hydrogen-bond acceptors (Lipinski definition) is 3. The molecule has 2 aliphatic rings. The molecule has 0 amide bonds. The molecular formula is C14H28N2O. The Labute approximate surface area is 106 Å². The molecule has 1 N–H and O–H groups in total. The van der Waals surface area contributed by atoms with Gasteiger partial charge in [-0.3, -0.25) is 0 Å². The molecule has 0 aromatic heterocycles. The molecule has 1 aliphatic heterocycles. The van der Waals surface area contributed by atoms with E-state index in [4.69, 9.17) is 4.74 Å². The van der Waals surface area contributed by atoms with Gasteiger partial charge in [0.15, 0.2) is 0 Å². The molecule has 0 aromatic rings. The summed E-state index contributed by atoms with van der Waals surface area (Å²) in [5, 5.41) is 3.59. The third-order valence-corrected chi connectivity index (χ3v) is 4.27. The van der Waals surface area contributed by atoms with E-state index in [1.807, 2.05) is 0 Å². The molecule has 3 nitrogen and oxygen atoms in total. The van der Waals surface area contributed by atoms with Crippen molar-refractivity contribution < 1.29 is 4.74 Å². The third-order valence-electron chi connectivity index (χ3n) is 4.27. The lowest BCUT2D eigenvalue weighted by Crippen LogP contribution is -2.42. The molecule has 1 unspecified atom stereocenters. The average Bonchev–Trinajstić information content (AvgIpc) is 3.18. The van der Waals surface area contributed by atoms with Gasteiger partial charge in [-0.25, -0.2) is 0 Å². The van der Waals surface area contributed by atoms with Gasteiger partial charge in [-0.1, -0.05) is 0 Å². The highest BCUT2D eigenvalue weighted by Gasteiger charge is 2.22. The standard InChI is InChI=1S/C14H28N2O/c1-12(4-3-9-15-13-5-6-13)16(2)14-7-10-17-11-8-14/h12-15H,3-11H2,1-2H3. The van der Waals surface area contributed by atoms with Crippen LogP contribution in [0.5, 0.6) is 0 Å². The lowest BCUT2D eigenvalue weighted by Gasteiger charge is -2.35. The molecule has 1 aliphatic carbocycles. The van der Waals surface area contributed by atoms with Crippen LogP contribution in [0.1, 0.15) is 45.4 Å². The van der Waals surface area contributed by atoms with E-state index in [2.05, 4.69) is 24.2 Å². The molecule has 0 bridgehead atoms. The first-order valence-corrected chi connectivity index (χ1v) is 7.30. The van der Waals surface area contributed by atoms with E-state index in [1.54, 1.807) is 0 Å². The Morgan fingerprint density at radius 3 is 2.59 bits per heavy atom. The van der Waals surface area contributed by atoms with Gasteiger partial charge in [-0.15, -0.1) is 0 Å². The highest BCUT2D eigenvalue weighted by molar-refractivity contribution is 4.81. The number of rotatable bonds is 7. The van der Waals surface area contributed by atoms with E-state index in [1.165, 1.54) is 45.1 Å². The second-order valence-corrected chi connectivity index (χ2v) is 5.73. The van der Waals surface area contributed by atoms with Crippen molar-refractivity contribution in [1.29, 1.82) is 0 Å². The van der Waals surface area contributed by atoms with Gasteiger partial charge in [0, 0.05) is 31.3 Å². The van der Waals surface area contributed by atoms with Gasteiger partial charge in [-0.05, 0) is 59.0 Å². The van der Waals surface area contributed by atoms with Gasteiger partial charge in [0.1, 0.15) is 0 Å². The van der Waals surface area contributed by atoms with Crippen LogP contribution in [-0.2, 0) is 4.74 Å². The lowest BCUT2D eigenvalue weighted by atomic mass is 10.0. The first-order valence-electron chi connectivity index (χ1n) is 7.30. The fourth-order valence-electron chi connectivity index (χ4n) is 2.65. The predicted octanol–water partition coefficient (Wildman–Crippen LogP) is 2.02. The summed E-state index contributed by atoms with van der Waals surface area (Å²) in [5.74, 6) is 0. The van der Waals surface area contributed by atoms with Crippen molar-refractivity contribution in [3.05, 3.63) is 0 Å². The minimum Gasteiger partial charge on any atom is -0.381 e. The van der Waals surface area contributed by atoms with Crippen LogP contribution in [-0.4, -0.2) is 49.8 Å². The summed E-state index contributed by atoms with van der Waals surface area (Å²) in [6, 6.07) is 2.31. The van der Waals surface area contributed by atoms with Crippen LogP contribution < -0.4 is 5.32 Å². The quantitative estimate of drug-likeness (QED) is 0.689. The molecule has 100 valence electrons. The smallest absolute Gasteiger partial charge is 0.0480 e. The highest BCUT2D eigenvalue weighted by Crippen LogP contribution is 2.19. The minimum absolute atomic E-state index is 0.708. The zero-order valence-corrected chi connectivity index (χ0v) is 11.5. The SMILES string of the molecule is CC(CCCNC1CC1)N(C)C1CCOCC1. The molecule has 1 atom stereocenters. The predicted molar refractivity (Wildman–Crippen MR) is 71.3 cm³/mol. The molecule has 0 aromatic carbocycles. The molecule has 1 saturated heterocycles. The summed E-state index contributed by atoms with van der Waals surface area (Å²) >= 11 is 0. The van der Waals surface area contributed by atoms with Crippen LogP contribution >= 0.6 is 0 Å². The second kappa shape index (κ2) is 6.72. The van der Waals surface area contributed by atoms with Crippen LogP contribution in [0.3, 0.4) is 0 Å². The molecule has 1 heterocycles. The Balaban J connectivity index is 1.57. The van der Waals surface area contributed by atoms with Gasteiger partial charge >= 0.3 is 0 Å². The summed E-state index contributed by atoms with van der Waals surface area (Å²) in [7, 11) is 2.29. The fraction of sp³-hybridized carbons (Fsp3) is 1.00. The van der Waals surface area contributed by atoms with Crippen LogP contribution in [0.25, 0.3) is 0 Å². The molecule has 3 heteroatoms. The van der Waals surface area contributed by atoms with E-state index in [0.717, 1.165) is 25.3 Å². The maximum Gasteiger partial charge on any atom is 0.0480 e. The van der Waals surface area contributed by atoms with Crippen molar-refractivity contribution in [1.82, 2.24) is 10.2 Å². The normalized spacial score (nSPS) is 24.2. The Morgan fingerprint density at radius 1 is 1.24 bits per heavy atom. The number of nitrogens with one attached hydrogen (secondary N) is 1. The Morgan fingerprint density at radius 2 is 1.94 bits per heavy atom. The van der Waals surface area contributed by atoms with Crippen LogP contribution in [0.15, 0.2) is 0 Å². The summed E-state index contributed by atoms with van der Waals surface area (Å²) in [6.07, 6.45) is 7.84. The average molecular weight is 240 g/mol. The van der Waals surface area contributed by atoms with E-state index < -0.39 is 0 Å². The van der Waals surface area contributed by atoms with Crippen LogP contribution in [0.4, 0.5) is 0 Å². The van der Waals surface area contributed by atoms with Crippen molar-refractivity contribution in [3.63, 3.8) is 0 Å². The molecule has 2 fully saturated rings. The van der Waals surface area contributed by atoms with Crippen molar-refractivity contribution in [2.75, 3.05) is 26.8 Å². The van der Waals surface area contributed by atoms with Gasteiger partial charge in [0.05, 0.1) is 0 Å². The largest absolute Gasteiger partial charge is 0.381 e. The topological polar surface area (TPSA) is 24.5 Å². The summed E-state index contributed by atoms with van der Waals surface area (Å²) < 4.78 is 5.42. The monoisotopic (exact) mass is 240 g/mol. The lowest BCUT2D eigenvalue weighted by molar-refractivity contribution is 0.0297. The maximum atomic E-state index is 5.42. The fourth-order valence-corrected chi connectivity index (χ4v) is 2.65. The maximum absolute atomic E-state index is 5.42. The minimum atomic E-state index is 0.708. The van der Waals surface area contributed by atoms with Crippen molar-refractivity contribution >= 4 is 0 Å². The van der Waals surface area contributed by atoms with E-state index in [-0.39, 0.29) is 0 Å². The first-order chi connectivity index (χ1) is 8.27. The van der Waals surface area contributed by atoms with Gasteiger partial charge in [-0.2, -0.15) is 0 Å². The van der Waals surface area contributed by atoms with E-state index in [9.17, 15) is 0 Å². The second-order valence-electron chi connectivity index (χ2n) is 5.73. The van der Waals surface area contributed by atoms with Crippen LogP contribution in [0, 0.1) is 0 Å². The summed E-state index contributed by atoms with van der Waals surface area (Å²) in [4.78, 5) is 2.57. The van der Waals surface area contributed by atoms with Crippen molar-refractivity contribution in [3.8, 4) is 0 Å². The van der Waals surface area contributed by atoms with E-state index >= 15 is 0 Å². The molecule has 0 radical (unpaired) electrons. The highest BCUT2D eigenvalue weighted by atomic mass is 16.5. The molecule has 17 heavy (non-hydrogen) atoms. The zero-order chi connectivity index (χ0) is 12.1. The molecular weight excluding hydrogens is 212 g/mol. The van der Waals surface area contributed by atoms with Crippen LogP contribution in [0.2, 0.25) is 0 Å². The molecule has 0 spiro atoms. The Bertz CT molecular complexity index is 212. The van der Waals surface area contributed by atoms with E-state index in [0.29, 0.717) is 6.04 Å². The summed E-state index contributed by atoms with van der Waals surface area (Å²) in [5.41, 5.74) is 0. The summed E-state index contributed by atoms with van der Waals surface area (Å²) in [6.45, 7) is 5.47. The molecule has 1 saturated carbocycles. The number of hydrogen-bond donors (Lipinski definition) is 1.